The number of amides is 2. The second-order valence-corrected chi connectivity index (χ2v) is 6.28. The van der Waals surface area contributed by atoms with Crippen molar-refractivity contribution in [1.82, 2.24) is 25.2 Å². The molecule has 13 nitrogen and oxygen atoms in total. The van der Waals surface area contributed by atoms with Crippen LogP contribution in [0.3, 0.4) is 0 Å². The maximum absolute atomic E-state index is 11.9. The average molecular weight is 390 g/mol. The van der Waals surface area contributed by atoms with Crippen molar-refractivity contribution < 1.29 is 31.7 Å². The van der Waals surface area contributed by atoms with E-state index < -0.39 is 22.5 Å². The van der Waals surface area contributed by atoms with Crippen molar-refractivity contribution in [3.8, 4) is 0 Å². The first-order valence-electron chi connectivity index (χ1n) is 7.23. The summed E-state index contributed by atoms with van der Waals surface area (Å²) in [6.45, 7) is 1.95. The van der Waals surface area contributed by atoms with Gasteiger partial charge in [-0.1, -0.05) is 0 Å². The number of rotatable bonds is 4. The van der Waals surface area contributed by atoms with Crippen LogP contribution in [-0.4, -0.2) is 64.6 Å². The van der Waals surface area contributed by atoms with E-state index in [9.17, 15) is 18.0 Å². The van der Waals surface area contributed by atoms with Gasteiger partial charge in [-0.25, -0.2) is 10.3 Å². The standard InChI is InChI=1S/C8H10N4O5S.C4H8N2O2/c1-10-6-3-11-4-7(5(6)2-9-10)12(8(11)13)17-18(14,15)16;1-4(7)8-6-3-5-2/h2,7H,3-4H2,1H3,(H,14,15,16);3H,1-2H3,(H,5,6). The fourth-order valence-electron chi connectivity index (χ4n) is 2.47. The maximum Gasteiger partial charge on any atom is 0.418 e. The molecule has 2 bridgehead atoms. The lowest BCUT2D eigenvalue weighted by Crippen LogP contribution is -2.32. The molecule has 26 heavy (non-hydrogen) atoms. The zero-order chi connectivity index (χ0) is 19.5. The summed E-state index contributed by atoms with van der Waals surface area (Å²) >= 11 is 0. The molecular weight excluding hydrogens is 372 g/mol. The van der Waals surface area contributed by atoms with Crippen molar-refractivity contribution in [3.63, 3.8) is 0 Å². The normalized spacial score (nSPS) is 18.5. The number of carbonyl (C=O) groups excluding carboxylic acids is 2. The third-order valence-corrected chi connectivity index (χ3v) is 3.84. The Hall–Kier alpha value is -2.71. The summed E-state index contributed by atoms with van der Waals surface area (Å²) in [5.74, 6) is -0.384. The lowest BCUT2D eigenvalue weighted by atomic mass is 10.1. The zero-order valence-corrected chi connectivity index (χ0v) is 15.0. The van der Waals surface area contributed by atoms with Crippen molar-refractivity contribution >= 4 is 28.7 Å². The molecule has 1 aromatic heterocycles. The molecule has 2 aliphatic rings. The molecule has 3 heterocycles. The van der Waals surface area contributed by atoms with E-state index in [0.717, 1.165) is 11.3 Å². The molecule has 0 aliphatic carbocycles. The number of carbonyl (C=O) groups is 2. The Morgan fingerprint density at radius 3 is 2.81 bits per heavy atom. The van der Waals surface area contributed by atoms with E-state index in [-0.39, 0.29) is 5.97 Å². The Bertz CT molecular complexity index is 820. The molecule has 0 aromatic carbocycles. The average Bonchev–Trinajstić information content (AvgIpc) is 3.02. The largest absolute Gasteiger partial charge is 0.418 e. The van der Waals surface area contributed by atoms with E-state index in [1.807, 2.05) is 0 Å². The summed E-state index contributed by atoms with van der Waals surface area (Å²) in [5, 5.41) is 4.73. The number of nitrogens with zero attached hydrogens (tertiary/aromatic N) is 5. The molecule has 0 spiro atoms. The number of aliphatic imine (C=N–C) groups is 1. The highest BCUT2D eigenvalue weighted by atomic mass is 32.3. The minimum absolute atomic E-state index is 0.313. The number of aryl methyl sites for hydroxylation is 1. The smallest absolute Gasteiger partial charge is 0.343 e. The number of hydrogen-bond donors (Lipinski definition) is 2. The van der Waals surface area contributed by atoms with Crippen LogP contribution >= 0.6 is 0 Å². The molecular formula is C12H18N6O7S. The summed E-state index contributed by atoms with van der Waals surface area (Å²) in [6.07, 6.45) is 2.84. The highest BCUT2D eigenvalue weighted by molar-refractivity contribution is 7.80. The van der Waals surface area contributed by atoms with Crippen LogP contribution < -0.4 is 5.48 Å². The van der Waals surface area contributed by atoms with Gasteiger partial charge in [-0.2, -0.15) is 18.6 Å². The van der Waals surface area contributed by atoms with Gasteiger partial charge in [-0.3, -0.25) is 19.0 Å². The summed E-state index contributed by atoms with van der Waals surface area (Å²) in [4.78, 5) is 31.0. The van der Waals surface area contributed by atoms with E-state index in [1.54, 1.807) is 25.0 Å². The van der Waals surface area contributed by atoms with Crippen molar-refractivity contribution in [3.05, 3.63) is 17.5 Å². The quantitative estimate of drug-likeness (QED) is 0.289. The van der Waals surface area contributed by atoms with Gasteiger partial charge >= 0.3 is 22.4 Å². The number of nitrogens with one attached hydrogen (secondary N) is 1. The number of urea groups is 1. The van der Waals surface area contributed by atoms with Crippen LogP contribution in [0.5, 0.6) is 0 Å². The van der Waals surface area contributed by atoms with Gasteiger partial charge in [-0.05, 0) is 0 Å². The molecule has 1 fully saturated rings. The fraction of sp³-hybridized carbons (Fsp3) is 0.500. The lowest BCUT2D eigenvalue weighted by molar-refractivity contribution is -0.144. The molecule has 0 radical (unpaired) electrons. The molecule has 1 aromatic rings. The second-order valence-electron chi connectivity index (χ2n) is 5.28. The Morgan fingerprint density at radius 1 is 1.54 bits per heavy atom. The van der Waals surface area contributed by atoms with Crippen molar-refractivity contribution in [2.24, 2.45) is 12.0 Å². The molecule has 2 aliphatic heterocycles. The molecule has 1 saturated heterocycles. The molecule has 3 rings (SSSR count). The van der Waals surface area contributed by atoms with E-state index in [0.29, 0.717) is 18.2 Å². The maximum atomic E-state index is 11.9. The highest BCUT2D eigenvalue weighted by Gasteiger charge is 2.47. The summed E-state index contributed by atoms with van der Waals surface area (Å²) in [5.41, 5.74) is 3.74. The molecule has 2 N–H and O–H groups in total. The molecule has 1 unspecified atom stereocenters. The van der Waals surface area contributed by atoms with Crippen LogP contribution in [0.1, 0.15) is 24.2 Å². The van der Waals surface area contributed by atoms with Gasteiger partial charge in [0.25, 0.3) is 0 Å². The van der Waals surface area contributed by atoms with Crippen LogP contribution in [0.15, 0.2) is 11.2 Å². The van der Waals surface area contributed by atoms with Gasteiger partial charge in [0.15, 0.2) is 0 Å². The van der Waals surface area contributed by atoms with Crippen molar-refractivity contribution in [2.75, 3.05) is 13.6 Å². The Kier molecular flexibility index (Phi) is 5.79. The van der Waals surface area contributed by atoms with Gasteiger partial charge in [0.2, 0.25) is 0 Å². The van der Waals surface area contributed by atoms with Crippen molar-refractivity contribution in [1.29, 1.82) is 0 Å². The van der Waals surface area contributed by atoms with Crippen molar-refractivity contribution in [2.45, 2.75) is 19.5 Å². The first-order chi connectivity index (χ1) is 12.1. The third kappa shape index (κ3) is 4.47. The highest BCUT2D eigenvalue weighted by Crippen LogP contribution is 2.37. The number of fused-ring (bicyclic) bond motifs is 4. The van der Waals surface area contributed by atoms with E-state index >= 15 is 0 Å². The molecule has 2 amide bonds. The predicted molar refractivity (Wildman–Crippen MR) is 85.5 cm³/mol. The van der Waals surface area contributed by atoms with Crippen LogP contribution in [-0.2, 0) is 37.9 Å². The minimum Gasteiger partial charge on any atom is -0.343 e. The Labute approximate surface area is 149 Å². The fourth-order valence-corrected chi connectivity index (χ4v) is 2.84. The summed E-state index contributed by atoms with van der Waals surface area (Å²) in [6, 6.07) is -1.16. The Balaban J connectivity index is 0.000000260. The lowest BCUT2D eigenvalue weighted by Gasteiger charge is -2.21. The minimum atomic E-state index is -4.72. The topological polar surface area (TPSA) is 156 Å². The van der Waals surface area contributed by atoms with Gasteiger partial charge in [0.1, 0.15) is 12.4 Å². The Morgan fingerprint density at radius 2 is 2.23 bits per heavy atom. The van der Waals surface area contributed by atoms with Crippen LogP contribution in [0.4, 0.5) is 4.79 Å². The van der Waals surface area contributed by atoms with E-state index in [4.69, 9.17) is 4.55 Å². The summed E-state index contributed by atoms with van der Waals surface area (Å²) < 4.78 is 36.1. The summed E-state index contributed by atoms with van der Waals surface area (Å²) in [7, 11) is -1.42. The van der Waals surface area contributed by atoms with Gasteiger partial charge in [-0.15, -0.1) is 4.28 Å². The molecule has 0 saturated carbocycles. The monoisotopic (exact) mass is 390 g/mol. The second kappa shape index (κ2) is 7.67. The van der Waals surface area contributed by atoms with E-state index in [2.05, 4.69) is 24.7 Å². The number of hydroxylamine groups is 3. The molecule has 14 heteroatoms. The third-order valence-electron chi connectivity index (χ3n) is 3.49. The van der Waals surface area contributed by atoms with Gasteiger partial charge < -0.3 is 9.74 Å². The van der Waals surface area contributed by atoms with Crippen LogP contribution in [0.25, 0.3) is 0 Å². The predicted octanol–water partition coefficient (Wildman–Crippen LogP) is -0.841. The van der Waals surface area contributed by atoms with E-state index in [1.165, 1.54) is 18.2 Å². The van der Waals surface area contributed by atoms with Crippen LogP contribution in [0, 0.1) is 0 Å². The first-order valence-corrected chi connectivity index (χ1v) is 8.60. The first kappa shape index (κ1) is 19.6. The molecule has 1 atom stereocenters. The van der Waals surface area contributed by atoms with Gasteiger partial charge in [0, 0.05) is 26.6 Å². The number of hydrogen-bond acceptors (Lipinski definition) is 8. The molecule has 144 valence electrons. The van der Waals surface area contributed by atoms with Crippen LogP contribution in [0.2, 0.25) is 0 Å². The SMILES string of the molecule is CN=CNOC(C)=O.Cn1ncc2c1CN1CC2N(OS(=O)(=O)O)C1=O. The zero-order valence-electron chi connectivity index (χ0n) is 14.2. The number of aromatic nitrogens is 2. The van der Waals surface area contributed by atoms with Gasteiger partial charge in [0.05, 0.1) is 25.0 Å².